The van der Waals surface area contributed by atoms with Crippen LogP contribution in [0.4, 0.5) is 24.8 Å². The number of rotatable bonds is 6. The smallest absolute Gasteiger partial charge is 0.354 e. The zero-order valence-electron chi connectivity index (χ0n) is 21.4. The first-order valence-corrected chi connectivity index (χ1v) is 13.9. The maximum atomic E-state index is 13.1. The van der Waals surface area contributed by atoms with Crippen LogP contribution in [0.2, 0.25) is 5.02 Å². The van der Waals surface area contributed by atoms with Gasteiger partial charge in [-0.15, -0.1) is 11.3 Å². The molecule has 0 aromatic carbocycles. The fourth-order valence-electron chi connectivity index (χ4n) is 4.84. The molecular formula is C25H26ClF3N8O2S. The molecule has 10 nitrogen and oxygen atoms in total. The van der Waals surface area contributed by atoms with E-state index in [1.807, 2.05) is 0 Å². The normalized spacial score (nSPS) is 18.6. The second-order valence-corrected chi connectivity index (χ2v) is 11.1. The van der Waals surface area contributed by atoms with E-state index < -0.39 is 34.6 Å². The first-order chi connectivity index (χ1) is 19.1. The highest BCUT2D eigenvalue weighted by Gasteiger charge is 2.34. The van der Waals surface area contributed by atoms with Crippen molar-refractivity contribution in [3.05, 3.63) is 57.0 Å². The zero-order valence-corrected chi connectivity index (χ0v) is 23.0. The molecule has 212 valence electrons. The van der Waals surface area contributed by atoms with E-state index in [0.29, 0.717) is 22.9 Å². The number of hydrogen-bond donors (Lipinski definition) is 2. The highest BCUT2D eigenvalue weighted by atomic mass is 35.5. The minimum atomic E-state index is -4.69. The van der Waals surface area contributed by atoms with E-state index in [2.05, 4.69) is 40.4 Å². The molecule has 2 atom stereocenters. The van der Waals surface area contributed by atoms with E-state index in [4.69, 9.17) is 11.6 Å². The molecule has 5 heterocycles. The predicted molar refractivity (Wildman–Crippen MR) is 144 cm³/mol. The molecule has 0 saturated carbocycles. The molecule has 0 spiro atoms. The lowest BCUT2D eigenvalue weighted by molar-refractivity contribution is -0.137. The van der Waals surface area contributed by atoms with Gasteiger partial charge >= 0.3 is 6.18 Å². The number of nitrogens with zero attached hydrogens (tertiary/aromatic N) is 6. The number of carbonyl (C=O) groups is 2. The van der Waals surface area contributed by atoms with Crippen LogP contribution < -0.4 is 15.5 Å². The van der Waals surface area contributed by atoms with Gasteiger partial charge in [-0.25, -0.2) is 19.9 Å². The Kier molecular flexibility index (Phi) is 8.19. The molecule has 5 rings (SSSR count). The van der Waals surface area contributed by atoms with E-state index in [9.17, 15) is 22.8 Å². The quantitative estimate of drug-likeness (QED) is 0.431. The maximum Gasteiger partial charge on any atom is 0.418 e. The van der Waals surface area contributed by atoms with Crippen LogP contribution in [0, 0.1) is 0 Å². The molecule has 0 bridgehead atoms. The Hall–Kier alpha value is -3.36. The molecule has 40 heavy (non-hydrogen) atoms. The molecule has 2 aliphatic rings. The summed E-state index contributed by atoms with van der Waals surface area (Å²) >= 11 is 6.58. The first-order valence-electron chi connectivity index (χ1n) is 12.7. The third kappa shape index (κ3) is 6.34. The molecule has 2 unspecified atom stereocenters. The summed E-state index contributed by atoms with van der Waals surface area (Å²) in [6.07, 6.45) is 2.41. The van der Waals surface area contributed by atoms with Gasteiger partial charge < -0.3 is 15.5 Å². The van der Waals surface area contributed by atoms with Gasteiger partial charge in [0.15, 0.2) is 0 Å². The monoisotopic (exact) mass is 594 g/mol. The second kappa shape index (κ2) is 11.6. The standard InChI is InChI=1S/C25H26ClF3N8O2S/c1-14(24-31-11-19(40-24)23(39)35-20-8-16(25(27,28)29)17(26)10-30-20)34-22(38)18-9-21(33-13-32-18)37-7-6-36-5-3-2-4-15(36)12-37/h8-11,13-15H,2-7,12H2,1H3,(H,34,38)(H,30,35,39). The number of thiazole rings is 1. The minimum Gasteiger partial charge on any atom is -0.354 e. The molecule has 15 heteroatoms. The third-order valence-corrected chi connectivity index (χ3v) is 8.39. The van der Waals surface area contributed by atoms with Gasteiger partial charge in [0.05, 0.1) is 22.8 Å². The van der Waals surface area contributed by atoms with Gasteiger partial charge in [-0.05, 0) is 32.4 Å². The first kappa shape index (κ1) is 28.2. The van der Waals surface area contributed by atoms with Crippen molar-refractivity contribution in [2.24, 2.45) is 0 Å². The van der Waals surface area contributed by atoms with Crippen molar-refractivity contribution in [3.8, 4) is 0 Å². The summed E-state index contributed by atoms with van der Waals surface area (Å²) in [4.78, 5) is 46.9. The van der Waals surface area contributed by atoms with Gasteiger partial charge in [0.2, 0.25) is 0 Å². The number of piperazine rings is 1. The number of pyridine rings is 1. The average molecular weight is 595 g/mol. The van der Waals surface area contributed by atoms with Crippen LogP contribution in [0.3, 0.4) is 0 Å². The van der Waals surface area contributed by atoms with Crippen molar-refractivity contribution in [2.75, 3.05) is 36.4 Å². The molecule has 2 N–H and O–H groups in total. The number of halogens is 4. The topological polar surface area (TPSA) is 116 Å². The Labute approximate surface area is 237 Å². The SMILES string of the molecule is CC(NC(=O)c1cc(N2CCN3CCCCC3C2)ncn1)c1ncc(C(=O)Nc2cc(C(F)(F)F)c(Cl)cn2)s1. The number of fused-ring (bicyclic) bond motifs is 1. The predicted octanol–water partition coefficient (Wildman–Crippen LogP) is 4.42. The van der Waals surface area contributed by atoms with Gasteiger partial charge in [0.25, 0.3) is 11.8 Å². The van der Waals surface area contributed by atoms with E-state index in [0.717, 1.165) is 50.1 Å². The number of alkyl halides is 3. The maximum absolute atomic E-state index is 13.1. The summed E-state index contributed by atoms with van der Waals surface area (Å²) in [6.45, 7) is 5.49. The van der Waals surface area contributed by atoms with Crippen LogP contribution in [-0.4, -0.2) is 68.9 Å². The van der Waals surface area contributed by atoms with E-state index in [-0.39, 0.29) is 16.4 Å². The van der Waals surface area contributed by atoms with Crippen LogP contribution in [0.5, 0.6) is 0 Å². The van der Waals surface area contributed by atoms with Crippen molar-refractivity contribution in [1.29, 1.82) is 0 Å². The average Bonchev–Trinajstić information content (AvgIpc) is 3.44. The zero-order chi connectivity index (χ0) is 28.4. The summed E-state index contributed by atoms with van der Waals surface area (Å²) in [5, 5.41) is 5.01. The number of carbonyl (C=O) groups excluding carboxylic acids is 2. The largest absolute Gasteiger partial charge is 0.418 e. The molecule has 3 aromatic heterocycles. The van der Waals surface area contributed by atoms with Crippen molar-refractivity contribution in [3.63, 3.8) is 0 Å². The molecule has 2 saturated heterocycles. The molecule has 2 aliphatic heterocycles. The summed E-state index contributed by atoms with van der Waals surface area (Å²) in [5.74, 6) is -0.708. The Morgan fingerprint density at radius 2 is 1.90 bits per heavy atom. The highest BCUT2D eigenvalue weighted by molar-refractivity contribution is 7.13. The number of piperidine rings is 1. The Balaban J connectivity index is 1.20. The highest BCUT2D eigenvalue weighted by Crippen LogP contribution is 2.35. The summed E-state index contributed by atoms with van der Waals surface area (Å²) in [5.41, 5.74) is -0.892. The van der Waals surface area contributed by atoms with Crippen LogP contribution in [0.15, 0.2) is 30.9 Å². The number of hydrogen-bond acceptors (Lipinski definition) is 9. The molecule has 2 amide bonds. The second-order valence-electron chi connectivity index (χ2n) is 9.65. The van der Waals surface area contributed by atoms with Gasteiger partial charge in [0, 0.05) is 37.9 Å². The van der Waals surface area contributed by atoms with E-state index in [1.54, 1.807) is 13.0 Å². The summed E-state index contributed by atoms with van der Waals surface area (Å²) in [6, 6.07) is 2.27. The summed E-state index contributed by atoms with van der Waals surface area (Å²) < 4.78 is 39.3. The van der Waals surface area contributed by atoms with E-state index in [1.165, 1.54) is 25.4 Å². The van der Waals surface area contributed by atoms with Crippen LogP contribution in [0.25, 0.3) is 0 Å². The molecular weight excluding hydrogens is 569 g/mol. The summed E-state index contributed by atoms with van der Waals surface area (Å²) in [7, 11) is 0. The van der Waals surface area contributed by atoms with Gasteiger partial charge in [-0.2, -0.15) is 13.2 Å². The minimum absolute atomic E-state index is 0.132. The third-order valence-electron chi connectivity index (χ3n) is 6.91. The number of amides is 2. The lowest BCUT2D eigenvalue weighted by Crippen LogP contribution is -2.55. The van der Waals surface area contributed by atoms with Crippen LogP contribution in [0.1, 0.15) is 63.0 Å². The Morgan fingerprint density at radius 1 is 1.07 bits per heavy atom. The number of aromatic nitrogens is 4. The Morgan fingerprint density at radius 3 is 2.70 bits per heavy atom. The van der Waals surface area contributed by atoms with Crippen molar-refractivity contribution in [1.82, 2.24) is 30.2 Å². The fourth-order valence-corrected chi connectivity index (χ4v) is 5.86. The lowest BCUT2D eigenvalue weighted by Gasteiger charge is -2.44. The van der Waals surface area contributed by atoms with Crippen molar-refractivity contribution in [2.45, 2.75) is 44.4 Å². The van der Waals surface area contributed by atoms with Crippen LogP contribution >= 0.6 is 22.9 Å². The van der Waals surface area contributed by atoms with Gasteiger partial charge in [-0.1, -0.05) is 18.0 Å². The molecule has 2 fully saturated rings. The van der Waals surface area contributed by atoms with Gasteiger partial charge in [0.1, 0.15) is 33.5 Å². The molecule has 0 radical (unpaired) electrons. The van der Waals surface area contributed by atoms with Crippen molar-refractivity contribution >= 4 is 46.4 Å². The number of nitrogens with one attached hydrogen (secondary N) is 2. The molecule has 3 aromatic rings. The van der Waals surface area contributed by atoms with Gasteiger partial charge in [-0.3, -0.25) is 14.5 Å². The lowest BCUT2D eigenvalue weighted by atomic mass is 9.99. The molecule has 0 aliphatic carbocycles. The van der Waals surface area contributed by atoms with E-state index >= 15 is 0 Å². The number of anilines is 2. The fraction of sp³-hybridized carbons (Fsp3) is 0.440. The van der Waals surface area contributed by atoms with Crippen molar-refractivity contribution < 1.29 is 22.8 Å². The van der Waals surface area contributed by atoms with Crippen LogP contribution in [-0.2, 0) is 6.18 Å². The Bertz CT molecular complexity index is 1400.